The Hall–Kier alpha value is -3.30. The molecule has 1 atom stereocenters. The molecule has 0 aromatic heterocycles. The van der Waals surface area contributed by atoms with Gasteiger partial charge in [0, 0.05) is 37.8 Å². The largest absolute Gasteiger partial charge is 0.353 e. The number of likely N-dealkylation sites (tertiary alicyclic amines) is 1. The molecule has 0 radical (unpaired) electrons. The summed E-state index contributed by atoms with van der Waals surface area (Å²) in [6, 6.07) is 21.4. The predicted octanol–water partition coefficient (Wildman–Crippen LogP) is 4.51. The molecule has 0 unspecified atom stereocenters. The Kier molecular flexibility index (Phi) is 9.12. The lowest BCUT2D eigenvalue weighted by molar-refractivity contribution is -0.121. The van der Waals surface area contributed by atoms with Gasteiger partial charge in [-0.25, -0.2) is 17.2 Å². The molecule has 6 nitrogen and oxygen atoms in total. The number of nitrogens with one attached hydrogen (secondary N) is 1. The van der Waals surface area contributed by atoms with E-state index in [0.717, 1.165) is 17.7 Å². The zero-order chi connectivity index (χ0) is 27.1. The van der Waals surface area contributed by atoms with Gasteiger partial charge in [-0.3, -0.25) is 14.0 Å². The van der Waals surface area contributed by atoms with Gasteiger partial charge >= 0.3 is 0 Å². The first-order valence-electron chi connectivity index (χ1n) is 12.8. The fourth-order valence-corrected chi connectivity index (χ4v) is 6.45. The minimum atomic E-state index is -3.63. The van der Waals surface area contributed by atoms with Gasteiger partial charge in [-0.2, -0.15) is 0 Å². The van der Waals surface area contributed by atoms with Crippen molar-refractivity contribution in [3.8, 4) is 0 Å². The molecule has 0 saturated carbocycles. The molecular formula is C29H33F2N3O3S. The molecule has 1 aliphatic heterocycles. The van der Waals surface area contributed by atoms with Gasteiger partial charge in [0.1, 0.15) is 11.6 Å². The molecule has 0 aliphatic carbocycles. The van der Waals surface area contributed by atoms with Crippen molar-refractivity contribution in [2.45, 2.75) is 44.0 Å². The van der Waals surface area contributed by atoms with Gasteiger partial charge in [0.05, 0.1) is 17.9 Å². The molecule has 202 valence electrons. The lowest BCUT2D eigenvalue weighted by Gasteiger charge is -2.38. The van der Waals surface area contributed by atoms with E-state index in [4.69, 9.17) is 0 Å². The van der Waals surface area contributed by atoms with Crippen LogP contribution >= 0.6 is 0 Å². The number of sulfonamides is 1. The third-order valence-electron chi connectivity index (χ3n) is 6.89. The third-order valence-corrected chi connectivity index (χ3v) is 8.62. The summed E-state index contributed by atoms with van der Waals surface area (Å²) in [5.41, 5.74) is 1.52. The van der Waals surface area contributed by atoms with Crippen LogP contribution < -0.4 is 9.62 Å². The fourth-order valence-electron chi connectivity index (χ4n) is 4.79. The highest BCUT2D eigenvalue weighted by molar-refractivity contribution is 7.92. The summed E-state index contributed by atoms with van der Waals surface area (Å²) in [4.78, 5) is 14.7. The topological polar surface area (TPSA) is 69.7 Å². The number of benzene rings is 3. The van der Waals surface area contributed by atoms with Crippen LogP contribution in [0.3, 0.4) is 0 Å². The Morgan fingerprint density at radius 1 is 1.00 bits per heavy atom. The van der Waals surface area contributed by atoms with Gasteiger partial charge in [0.25, 0.3) is 0 Å². The van der Waals surface area contributed by atoms with Crippen molar-refractivity contribution in [2.75, 3.05) is 23.9 Å². The minimum Gasteiger partial charge on any atom is -0.353 e. The number of carbonyl (C=O) groups is 1. The molecule has 38 heavy (non-hydrogen) atoms. The van der Waals surface area contributed by atoms with Crippen LogP contribution in [0.25, 0.3) is 0 Å². The van der Waals surface area contributed by atoms with Crippen LogP contribution in [-0.4, -0.2) is 50.9 Å². The average molecular weight is 542 g/mol. The number of hydrogen-bond acceptors (Lipinski definition) is 4. The zero-order valence-corrected chi connectivity index (χ0v) is 22.2. The van der Waals surface area contributed by atoms with Gasteiger partial charge < -0.3 is 5.32 Å². The van der Waals surface area contributed by atoms with Crippen molar-refractivity contribution >= 4 is 21.6 Å². The smallest absolute Gasteiger partial charge is 0.239 e. The summed E-state index contributed by atoms with van der Waals surface area (Å²) >= 11 is 0. The molecule has 4 rings (SSSR count). The van der Waals surface area contributed by atoms with Crippen LogP contribution in [0, 0.1) is 11.6 Å². The number of halogens is 2. The highest BCUT2D eigenvalue weighted by atomic mass is 32.2. The van der Waals surface area contributed by atoms with Crippen molar-refractivity contribution in [3.05, 3.63) is 102 Å². The van der Waals surface area contributed by atoms with Crippen LogP contribution in [0.2, 0.25) is 0 Å². The molecule has 1 saturated heterocycles. The van der Waals surface area contributed by atoms with Gasteiger partial charge in [0.15, 0.2) is 0 Å². The maximum atomic E-state index is 13.9. The standard InChI is InChI=1S/C29H33F2N3O3S/c1-22(20-34(27-10-6-3-7-11-27)38(36,37)21-23-8-4-2-5-9-23)33-16-14-26(15-17-33)32-29(35)18-24-12-13-25(30)19-28(24)31/h2-13,19,22,26H,14-18,20-21H2,1H3,(H,32,35)/t22-/m1/s1. The van der Waals surface area contributed by atoms with E-state index in [9.17, 15) is 22.0 Å². The molecule has 1 aliphatic rings. The number of piperidine rings is 1. The Balaban J connectivity index is 1.35. The van der Waals surface area contributed by atoms with Gasteiger partial charge in [-0.15, -0.1) is 0 Å². The normalized spacial score (nSPS) is 15.7. The maximum absolute atomic E-state index is 13.9. The summed E-state index contributed by atoms with van der Waals surface area (Å²) in [5, 5.41) is 2.95. The number of para-hydroxylation sites is 1. The van der Waals surface area contributed by atoms with E-state index >= 15 is 0 Å². The first-order valence-corrected chi connectivity index (χ1v) is 14.4. The van der Waals surface area contributed by atoms with Crippen LogP contribution in [0.15, 0.2) is 78.9 Å². The van der Waals surface area contributed by atoms with Crippen molar-refractivity contribution < 1.29 is 22.0 Å². The van der Waals surface area contributed by atoms with Gasteiger partial charge in [-0.05, 0) is 49.1 Å². The Bertz CT molecular complexity index is 1320. The predicted molar refractivity (Wildman–Crippen MR) is 145 cm³/mol. The first kappa shape index (κ1) is 27.7. The maximum Gasteiger partial charge on any atom is 0.239 e. The van der Waals surface area contributed by atoms with Crippen LogP contribution in [0.1, 0.15) is 30.9 Å². The van der Waals surface area contributed by atoms with Crippen LogP contribution in [0.4, 0.5) is 14.5 Å². The van der Waals surface area contributed by atoms with Crippen molar-refractivity contribution in [3.63, 3.8) is 0 Å². The highest BCUT2D eigenvalue weighted by Gasteiger charge is 2.29. The van der Waals surface area contributed by atoms with E-state index in [2.05, 4.69) is 10.2 Å². The monoisotopic (exact) mass is 541 g/mol. The SMILES string of the molecule is C[C@H](CN(c1ccccc1)S(=O)(=O)Cc1ccccc1)N1CCC(NC(=O)Cc2ccc(F)cc2F)CC1. The van der Waals surface area contributed by atoms with Crippen molar-refractivity contribution in [2.24, 2.45) is 0 Å². The second kappa shape index (κ2) is 12.5. The van der Waals surface area contributed by atoms with E-state index in [1.807, 2.05) is 55.5 Å². The van der Waals surface area contributed by atoms with E-state index in [1.165, 1.54) is 10.4 Å². The second-order valence-corrected chi connectivity index (χ2v) is 11.6. The number of carbonyl (C=O) groups excluding carboxylic acids is 1. The average Bonchev–Trinajstić information content (AvgIpc) is 2.90. The Morgan fingerprint density at radius 3 is 2.26 bits per heavy atom. The summed E-state index contributed by atoms with van der Waals surface area (Å²) in [6.07, 6.45) is 1.25. The number of nitrogens with zero attached hydrogens (tertiary/aromatic N) is 2. The molecule has 9 heteroatoms. The molecule has 1 fully saturated rings. The Morgan fingerprint density at radius 2 is 1.63 bits per heavy atom. The lowest BCUT2D eigenvalue weighted by Crippen LogP contribution is -2.51. The molecule has 0 bridgehead atoms. The zero-order valence-electron chi connectivity index (χ0n) is 21.4. The van der Waals surface area contributed by atoms with Crippen molar-refractivity contribution in [1.29, 1.82) is 0 Å². The molecule has 0 spiro atoms. The number of amides is 1. The van der Waals surface area contributed by atoms with E-state index in [1.54, 1.807) is 12.1 Å². The fraction of sp³-hybridized carbons (Fsp3) is 0.345. The molecular weight excluding hydrogens is 508 g/mol. The number of rotatable bonds is 10. The van der Waals surface area contributed by atoms with E-state index < -0.39 is 21.7 Å². The molecule has 3 aromatic rings. The molecule has 3 aromatic carbocycles. The minimum absolute atomic E-state index is 0.0503. The Labute approximate surface area is 223 Å². The highest BCUT2D eigenvalue weighted by Crippen LogP contribution is 2.23. The van der Waals surface area contributed by atoms with Crippen molar-refractivity contribution in [1.82, 2.24) is 10.2 Å². The summed E-state index contributed by atoms with van der Waals surface area (Å²) in [6.45, 7) is 3.71. The lowest BCUT2D eigenvalue weighted by atomic mass is 10.0. The third kappa shape index (κ3) is 7.39. The van der Waals surface area contributed by atoms with Crippen LogP contribution in [0.5, 0.6) is 0 Å². The molecule has 1 N–H and O–H groups in total. The van der Waals surface area contributed by atoms with E-state index in [-0.39, 0.29) is 35.7 Å². The first-order chi connectivity index (χ1) is 18.2. The summed E-state index contributed by atoms with van der Waals surface area (Å²) in [7, 11) is -3.63. The molecule has 1 heterocycles. The summed E-state index contributed by atoms with van der Waals surface area (Å²) < 4.78 is 55.5. The quantitative estimate of drug-likeness (QED) is 0.410. The molecule has 1 amide bonds. The van der Waals surface area contributed by atoms with Crippen LogP contribution in [-0.2, 0) is 27.0 Å². The summed E-state index contributed by atoms with van der Waals surface area (Å²) in [5.74, 6) is -1.79. The van der Waals surface area contributed by atoms with E-state index in [0.29, 0.717) is 38.2 Å². The van der Waals surface area contributed by atoms with Gasteiger partial charge in [0.2, 0.25) is 15.9 Å². The van der Waals surface area contributed by atoms with Gasteiger partial charge in [-0.1, -0.05) is 54.6 Å². The number of anilines is 1. The number of hydrogen-bond donors (Lipinski definition) is 1. The second-order valence-electron chi connectivity index (χ2n) is 9.75.